The molecule has 1 aromatic carbocycles. The molecule has 1 N–H and O–H groups in total. The zero-order chi connectivity index (χ0) is 11.8. The molecule has 84 valence electrons. The number of benzene rings is 1. The minimum Gasteiger partial charge on any atom is -0.272 e. The lowest BCUT2D eigenvalue weighted by atomic mass is 10.1. The standard InChI is InChI=1S/C12H15N3S/c1-3-11(10-7-5-4-6-8-10)15-12(16-2)14-9-13/h4-8,11H,3H2,1-2H3,(H,14,15). The van der Waals surface area contributed by atoms with Crippen LogP contribution in [0.4, 0.5) is 0 Å². The first kappa shape index (κ1) is 12.6. The van der Waals surface area contributed by atoms with Crippen molar-refractivity contribution in [2.75, 3.05) is 6.26 Å². The van der Waals surface area contributed by atoms with E-state index in [9.17, 15) is 0 Å². The molecule has 3 nitrogen and oxygen atoms in total. The van der Waals surface area contributed by atoms with Gasteiger partial charge in [0.25, 0.3) is 0 Å². The lowest BCUT2D eigenvalue weighted by molar-refractivity contribution is 0.701. The van der Waals surface area contributed by atoms with Gasteiger partial charge in [0.05, 0.1) is 6.04 Å². The van der Waals surface area contributed by atoms with Crippen LogP contribution in [0.1, 0.15) is 24.9 Å². The normalized spacial score (nSPS) is 12.9. The number of amidine groups is 1. The second-order valence-corrected chi connectivity index (χ2v) is 4.00. The minimum atomic E-state index is 0.115. The highest BCUT2D eigenvalue weighted by atomic mass is 32.2. The van der Waals surface area contributed by atoms with Crippen molar-refractivity contribution in [2.45, 2.75) is 19.4 Å². The number of hydrogen-bond donors (Lipinski definition) is 1. The summed E-state index contributed by atoms with van der Waals surface area (Å²) in [5.41, 5.74) is 1.18. The lowest BCUT2D eigenvalue weighted by Gasteiger charge is -2.11. The van der Waals surface area contributed by atoms with Crippen LogP contribution in [0.5, 0.6) is 0 Å². The molecule has 1 atom stereocenters. The van der Waals surface area contributed by atoms with E-state index in [1.165, 1.54) is 17.3 Å². The molecule has 0 saturated carbocycles. The van der Waals surface area contributed by atoms with E-state index in [1.54, 1.807) is 0 Å². The number of hydrogen-bond acceptors (Lipinski definition) is 3. The van der Waals surface area contributed by atoms with Gasteiger partial charge < -0.3 is 0 Å². The van der Waals surface area contributed by atoms with Crippen molar-refractivity contribution in [1.82, 2.24) is 5.32 Å². The third-order valence-electron chi connectivity index (χ3n) is 2.20. The van der Waals surface area contributed by atoms with Crippen LogP contribution >= 0.6 is 11.8 Å². The molecule has 16 heavy (non-hydrogen) atoms. The number of rotatable bonds is 3. The zero-order valence-corrected chi connectivity index (χ0v) is 10.3. The molecule has 0 radical (unpaired) electrons. The maximum atomic E-state index is 8.57. The molecule has 0 aliphatic heterocycles. The first-order valence-electron chi connectivity index (χ1n) is 5.13. The monoisotopic (exact) mass is 233 g/mol. The SMILES string of the molecule is CCC(N=C(NC#N)SC)c1ccccc1. The molecule has 0 spiro atoms. The third-order valence-corrected chi connectivity index (χ3v) is 2.79. The molecule has 0 fully saturated rings. The van der Waals surface area contributed by atoms with Gasteiger partial charge in [0.2, 0.25) is 0 Å². The molecule has 4 heteroatoms. The van der Waals surface area contributed by atoms with E-state index < -0.39 is 0 Å². The number of nitrogens with one attached hydrogen (secondary N) is 1. The Bertz CT molecular complexity index is 381. The summed E-state index contributed by atoms with van der Waals surface area (Å²) < 4.78 is 0. The van der Waals surface area contributed by atoms with E-state index in [1.807, 2.05) is 30.6 Å². The Hall–Kier alpha value is -1.47. The molecule has 0 aliphatic rings. The maximum absolute atomic E-state index is 8.57. The Morgan fingerprint density at radius 2 is 2.19 bits per heavy atom. The highest BCUT2D eigenvalue weighted by Crippen LogP contribution is 2.21. The Morgan fingerprint density at radius 3 is 2.69 bits per heavy atom. The Balaban J connectivity index is 2.87. The molecule has 0 heterocycles. The summed E-state index contributed by atoms with van der Waals surface area (Å²) in [6.45, 7) is 2.09. The van der Waals surface area contributed by atoms with Gasteiger partial charge in [-0.3, -0.25) is 10.3 Å². The topological polar surface area (TPSA) is 48.2 Å². The summed E-state index contributed by atoms with van der Waals surface area (Å²) in [6, 6.07) is 10.2. The zero-order valence-electron chi connectivity index (χ0n) is 9.47. The Labute approximate surface area is 101 Å². The number of thioether (sulfide) groups is 1. The van der Waals surface area contributed by atoms with Crippen LogP contribution in [0, 0.1) is 11.5 Å². The quantitative estimate of drug-likeness (QED) is 0.378. The van der Waals surface area contributed by atoms with Crippen LogP contribution in [0.15, 0.2) is 35.3 Å². The van der Waals surface area contributed by atoms with E-state index in [-0.39, 0.29) is 6.04 Å². The molecule has 0 amide bonds. The van der Waals surface area contributed by atoms with Gasteiger partial charge in [0, 0.05) is 0 Å². The summed E-state index contributed by atoms with van der Waals surface area (Å²) in [5, 5.41) is 11.8. The summed E-state index contributed by atoms with van der Waals surface area (Å²) >= 11 is 1.45. The average Bonchev–Trinajstić information content (AvgIpc) is 2.35. The fourth-order valence-corrected chi connectivity index (χ4v) is 1.78. The van der Waals surface area contributed by atoms with Crippen molar-refractivity contribution in [2.24, 2.45) is 4.99 Å². The first-order chi connectivity index (χ1) is 7.81. The second-order valence-electron chi connectivity index (χ2n) is 3.21. The van der Waals surface area contributed by atoms with E-state index >= 15 is 0 Å². The molecule has 0 bridgehead atoms. The molecule has 0 aliphatic carbocycles. The molecule has 1 aromatic rings. The van der Waals surface area contributed by atoms with Crippen LogP contribution in [0.2, 0.25) is 0 Å². The predicted molar refractivity (Wildman–Crippen MR) is 69.2 cm³/mol. The number of aliphatic imine (C=N–C) groups is 1. The third kappa shape index (κ3) is 3.59. The average molecular weight is 233 g/mol. The van der Waals surface area contributed by atoms with Crippen molar-refractivity contribution in [3.05, 3.63) is 35.9 Å². The van der Waals surface area contributed by atoms with Gasteiger partial charge in [-0.05, 0) is 18.2 Å². The van der Waals surface area contributed by atoms with Gasteiger partial charge in [0.1, 0.15) is 0 Å². The van der Waals surface area contributed by atoms with Crippen LogP contribution < -0.4 is 5.32 Å². The number of nitriles is 1. The van der Waals surface area contributed by atoms with Crippen LogP contribution in [0.25, 0.3) is 0 Å². The number of nitrogens with zero attached hydrogens (tertiary/aromatic N) is 2. The molecular formula is C12H15N3S. The van der Waals surface area contributed by atoms with Gasteiger partial charge in [-0.2, -0.15) is 5.26 Å². The summed E-state index contributed by atoms with van der Waals surface area (Å²) in [7, 11) is 0. The van der Waals surface area contributed by atoms with Crippen molar-refractivity contribution in [3.8, 4) is 6.19 Å². The van der Waals surface area contributed by atoms with E-state index in [0.717, 1.165) is 6.42 Å². The highest BCUT2D eigenvalue weighted by molar-refractivity contribution is 8.13. The minimum absolute atomic E-state index is 0.115. The summed E-state index contributed by atoms with van der Waals surface area (Å²) in [4.78, 5) is 4.52. The molecule has 0 aromatic heterocycles. The predicted octanol–water partition coefficient (Wildman–Crippen LogP) is 2.93. The lowest BCUT2D eigenvalue weighted by Crippen LogP contribution is -2.14. The van der Waals surface area contributed by atoms with Crippen LogP contribution in [-0.2, 0) is 0 Å². The summed E-state index contributed by atoms with van der Waals surface area (Å²) in [6.07, 6.45) is 4.72. The Morgan fingerprint density at radius 1 is 1.50 bits per heavy atom. The smallest absolute Gasteiger partial charge is 0.183 e. The van der Waals surface area contributed by atoms with Gasteiger partial charge in [-0.25, -0.2) is 0 Å². The highest BCUT2D eigenvalue weighted by Gasteiger charge is 2.08. The van der Waals surface area contributed by atoms with Gasteiger partial charge in [-0.15, -0.1) is 0 Å². The summed E-state index contributed by atoms with van der Waals surface area (Å²) in [5.74, 6) is 0. The van der Waals surface area contributed by atoms with Gasteiger partial charge >= 0.3 is 0 Å². The van der Waals surface area contributed by atoms with E-state index in [2.05, 4.69) is 29.4 Å². The van der Waals surface area contributed by atoms with Crippen LogP contribution in [-0.4, -0.2) is 11.4 Å². The molecule has 1 rings (SSSR count). The van der Waals surface area contributed by atoms with Crippen molar-refractivity contribution in [3.63, 3.8) is 0 Å². The second kappa shape index (κ2) is 6.91. The van der Waals surface area contributed by atoms with E-state index in [4.69, 9.17) is 5.26 Å². The fraction of sp³-hybridized carbons (Fsp3) is 0.333. The van der Waals surface area contributed by atoms with Crippen molar-refractivity contribution in [1.29, 1.82) is 5.26 Å². The van der Waals surface area contributed by atoms with Crippen LogP contribution in [0.3, 0.4) is 0 Å². The van der Waals surface area contributed by atoms with Gasteiger partial charge in [-0.1, -0.05) is 49.0 Å². The largest absolute Gasteiger partial charge is 0.272 e. The maximum Gasteiger partial charge on any atom is 0.183 e. The molecular weight excluding hydrogens is 218 g/mol. The molecule has 0 saturated heterocycles. The van der Waals surface area contributed by atoms with Crippen molar-refractivity contribution >= 4 is 16.9 Å². The van der Waals surface area contributed by atoms with Crippen molar-refractivity contribution < 1.29 is 0 Å². The first-order valence-corrected chi connectivity index (χ1v) is 6.36. The molecule has 1 unspecified atom stereocenters. The fourth-order valence-electron chi connectivity index (χ4n) is 1.40. The Kier molecular flexibility index (Phi) is 5.44. The van der Waals surface area contributed by atoms with E-state index in [0.29, 0.717) is 5.17 Å². The van der Waals surface area contributed by atoms with Gasteiger partial charge in [0.15, 0.2) is 11.4 Å².